The number of piperazine rings is 1. The minimum Gasteiger partial charge on any atom is -0.368 e. The Balaban J connectivity index is 1.35. The van der Waals surface area contributed by atoms with Crippen molar-refractivity contribution in [1.82, 2.24) is 14.5 Å². The third-order valence-corrected chi connectivity index (χ3v) is 7.52. The number of hydrogen-bond acceptors (Lipinski definition) is 5. The summed E-state index contributed by atoms with van der Waals surface area (Å²) in [6.45, 7) is 7.37. The van der Waals surface area contributed by atoms with Gasteiger partial charge in [-0.25, -0.2) is 4.98 Å². The molecule has 0 bridgehead atoms. The van der Waals surface area contributed by atoms with Gasteiger partial charge in [-0.3, -0.25) is 14.2 Å². The zero-order valence-electron chi connectivity index (χ0n) is 19.5. The van der Waals surface area contributed by atoms with Crippen LogP contribution in [0.25, 0.3) is 21.7 Å². The molecule has 174 valence electrons. The first-order valence-corrected chi connectivity index (χ1v) is 12.6. The molecule has 0 spiro atoms. The third-order valence-electron chi connectivity index (χ3n) is 6.45. The number of para-hydroxylation sites is 1. The number of hydrogen-bond donors (Lipinski definition) is 0. The van der Waals surface area contributed by atoms with Crippen molar-refractivity contribution in [3.05, 3.63) is 77.1 Å². The molecule has 1 aromatic heterocycles. The molecule has 4 aromatic rings. The van der Waals surface area contributed by atoms with Crippen LogP contribution in [0.4, 0.5) is 5.69 Å². The predicted molar refractivity (Wildman–Crippen MR) is 140 cm³/mol. The summed E-state index contributed by atoms with van der Waals surface area (Å²) in [7, 11) is 0. The van der Waals surface area contributed by atoms with Crippen molar-refractivity contribution in [2.45, 2.75) is 30.8 Å². The molecule has 1 unspecified atom stereocenters. The Morgan fingerprint density at radius 3 is 2.29 bits per heavy atom. The number of nitrogens with zero attached hydrogens (tertiary/aromatic N) is 4. The van der Waals surface area contributed by atoms with Crippen LogP contribution in [-0.4, -0.2) is 51.8 Å². The molecule has 0 N–H and O–H groups in total. The highest BCUT2D eigenvalue weighted by molar-refractivity contribution is 8.00. The van der Waals surface area contributed by atoms with Gasteiger partial charge in [-0.05, 0) is 48.9 Å². The maximum atomic E-state index is 13.3. The van der Waals surface area contributed by atoms with Gasteiger partial charge in [0, 0.05) is 38.4 Å². The van der Waals surface area contributed by atoms with Crippen LogP contribution in [0.15, 0.2) is 76.7 Å². The van der Waals surface area contributed by atoms with E-state index in [9.17, 15) is 9.59 Å². The molecule has 1 aliphatic rings. The standard InChI is InChI=1S/C27H28N4O2S/c1-3-31-26(33)23-17-20-9-7-8-10-21(20)18-24(23)28-27(31)34-19(2)25(32)30-15-13-29(14-16-30)22-11-5-4-6-12-22/h4-12,17-19H,3,13-16H2,1-2H3. The van der Waals surface area contributed by atoms with Gasteiger partial charge in [-0.1, -0.05) is 54.2 Å². The van der Waals surface area contributed by atoms with Gasteiger partial charge in [0.2, 0.25) is 5.91 Å². The average molecular weight is 473 g/mol. The Bertz CT molecular complexity index is 1390. The number of amides is 1. The van der Waals surface area contributed by atoms with Gasteiger partial charge in [-0.15, -0.1) is 0 Å². The first-order chi connectivity index (χ1) is 16.5. The van der Waals surface area contributed by atoms with Crippen LogP contribution < -0.4 is 10.5 Å². The highest BCUT2D eigenvalue weighted by Gasteiger charge is 2.27. The summed E-state index contributed by atoms with van der Waals surface area (Å²) in [6.07, 6.45) is 0. The monoisotopic (exact) mass is 472 g/mol. The summed E-state index contributed by atoms with van der Waals surface area (Å²) in [4.78, 5) is 35.6. The van der Waals surface area contributed by atoms with Crippen molar-refractivity contribution in [3.8, 4) is 0 Å². The molecule has 0 aliphatic carbocycles. The quantitative estimate of drug-likeness (QED) is 0.245. The number of anilines is 1. The Morgan fingerprint density at radius 1 is 0.971 bits per heavy atom. The fourth-order valence-corrected chi connectivity index (χ4v) is 5.60. The van der Waals surface area contributed by atoms with E-state index in [1.807, 2.05) is 73.3 Å². The van der Waals surface area contributed by atoms with Gasteiger partial charge in [-0.2, -0.15) is 0 Å². The summed E-state index contributed by atoms with van der Waals surface area (Å²) in [5, 5.41) is 2.95. The molecule has 5 rings (SSSR count). The van der Waals surface area contributed by atoms with E-state index in [0.29, 0.717) is 35.7 Å². The predicted octanol–water partition coefficient (Wildman–Crippen LogP) is 4.40. The van der Waals surface area contributed by atoms with Crippen molar-refractivity contribution >= 4 is 45.0 Å². The largest absolute Gasteiger partial charge is 0.368 e. The summed E-state index contributed by atoms with van der Waals surface area (Å²) >= 11 is 1.38. The molecule has 1 fully saturated rings. The topological polar surface area (TPSA) is 58.4 Å². The molecule has 3 aromatic carbocycles. The molecule has 0 radical (unpaired) electrons. The molecule has 34 heavy (non-hydrogen) atoms. The molecule has 1 amide bonds. The van der Waals surface area contributed by atoms with Crippen molar-refractivity contribution < 1.29 is 4.79 Å². The smallest absolute Gasteiger partial charge is 0.262 e. The summed E-state index contributed by atoms with van der Waals surface area (Å²) in [6, 6.07) is 22.2. The fourth-order valence-electron chi connectivity index (χ4n) is 4.55. The molecular formula is C27H28N4O2S. The highest BCUT2D eigenvalue weighted by Crippen LogP contribution is 2.26. The molecule has 7 heteroatoms. The Kier molecular flexibility index (Phi) is 6.28. The number of rotatable bonds is 5. The van der Waals surface area contributed by atoms with Crippen molar-refractivity contribution in [2.75, 3.05) is 31.1 Å². The summed E-state index contributed by atoms with van der Waals surface area (Å²) in [5.41, 5.74) is 1.81. The van der Waals surface area contributed by atoms with Gasteiger partial charge < -0.3 is 9.80 Å². The number of fused-ring (bicyclic) bond motifs is 2. The molecule has 0 saturated carbocycles. The van der Waals surface area contributed by atoms with Gasteiger partial charge >= 0.3 is 0 Å². The van der Waals surface area contributed by atoms with Crippen LogP contribution in [0.5, 0.6) is 0 Å². The maximum Gasteiger partial charge on any atom is 0.262 e. The van der Waals surface area contributed by atoms with Crippen LogP contribution in [0.2, 0.25) is 0 Å². The van der Waals surface area contributed by atoms with E-state index in [1.165, 1.54) is 17.4 Å². The Morgan fingerprint density at radius 2 is 1.62 bits per heavy atom. The molecule has 1 saturated heterocycles. The first-order valence-electron chi connectivity index (χ1n) is 11.7. The fraction of sp³-hybridized carbons (Fsp3) is 0.296. The van der Waals surface area contributed by atoms with Crippen LogP contribution in [0.3, 0.4) is 0 Å². The second-order valence-corrected chi connectivity index (χ2v) is 9.88. The zero-order chi connectivity index (χ0) is 23.7. The average Bonchev–Trinajstić information content (AvgIpc) is 2.88. The Hall–Kier alpha value is -3.32. The lowest BCUT2D eigenvalue weighted by Gasteiger charge is -2.37. The van der Waals surface area contributed by atoms with E-state index in [-0.39, 0.29) is 16.7 Å². The van der Waals surface area contributed by atoms with Crippen molar-refractivity contribution in [2.24, 2.45) is 0 Å². The number of thioether (sulfide) groups is 1. The van der Waals surface area contributed by atoms with Crippen LogP contribution in [0.1, 0.15) is 13.8 Å². The van der Waals surface area contributed by atoms with E-state index >= 15 is 0 Å². The lowest BCUT2D eigenvalue weighted by atomic mass is 10.1. The van der Waals surface area contributed by atoms with E-state index in [4.69, 9.17) is 4.98 Å². The number of carbonyl (C=O) groups excluding carboxylic acids is 1. The van der Waals surface area contributed by atoms with E-state index in [1.54, 1.807) is 4.57 Å². The Labute approximate surface area is 203 Å². The maximum absolute atomic E-state index is 13.3. The van der Waals surface area contributed by atoms with Crippen LogP contribution in [-0.2, 0) is 11.3 Å². The normalized spacial score (nSPS) is 15.1. The summed E-state index contributed by atoms with van der Waals surface area (Å²) in [5.74, 6) is 0.0909. The number of carbonyl (C=O) groups is 1. The van der Waals surface area contributed by atoms with E-state index < -0.39 is 0 Å². The molecular weight excluding hydrogens is 444 g/mol. The van der Waals surface area contributed by atoms with Gasteiger partial charge in [0.1, 0.15) is 0 Å². The zero-order valence-corrected chi connectivity index (χ0v) is 20.3. The molecule has 6 nitrogen and oxygen atoms in total. The first kappa shape index (κ1) is 22.5. The summed E-state index contributed by atoms with van der Waals surface area (Å²) < 4.78 is 1.68. The highest BCUT2D eigenvalue weighted by atomic mass is 32.2. The van der Waals surface area contributed by atoms with E-state index in [2.05, 4.69) is 17.0 Å². The lowest BCUT2D eigenvalue weighted by molar-refractivity contribution is -0.130. The van der Waals surface area contributed by atoms with Crippen LogP contribution >= 0.6 is 11.8 Å². The van der Waals surface area contributed by atoms with Gasteiger partial charge in [0.15, 0.2) is 5.16 Å². The number of aromatic nitrogens is 2. The minimum absolute atomic E-state index is 0.0584. The second-order valence-electron chi connectivity index (χ2n) is 8.57. The van der Waals surface area contributed by atoms with Crippen molar-refractivity contribution in [1.29, 1.82) is 0 Å². The minimum atomic E-state index is -0.328. The molecule has 1 aliphatic heterocycles. The SMILES string of the molecule is CCn1c(SC(C)C(=O)N2CCN(c3ccccc3)CC2)nc2cc3ccccc3cc2c1=O. The second kappa shape index (κ2) is 9.50. The van der Waals surface area contributed by atoms with Crippen molar-refractivity contribution in [3.63, 3.8) is 0 Å². The van der Waals surface area contributed by atoms with Gasteiger partial charge in [0.05, 0.1) is 16.2 Å². The number of benzene rings is 3. The lowest BCUT2D eigenvalue weighted by Crippen LogP contribution is -2.50. The van der Waals surface area contributed by atoms with E-state index in [0.717, 1.165) is 23.9 Å². The van der Waals surface area contributed by atoms with Crippen LogP contribution in [0, 0.1) is 0 Å². The molecule has 2 heterocycles. The van der Waals surface area contributed by atoms with Gasteiger partial charge in [0.25, 0.3) is 5.56 Å². The third kappa shape index (κ3) is 4.28. The molecule has 1 atom stereocenters.